The minimum absolute atomic E-state index is 0.0441. The molecule has 2 heterocycles. The van der Waals surface area contributed by atoms with Gasteiger partial charge in [0.25, 0.3) is 11.5 Å². The number of nitrogens with zero attached hydrogens (tertiary/aromatic N) is 3. The van der Waals surface area contributed by atoms with Gasteiger partial charge < -0.3 is 20.3 Å². The van der Waals surface area contributed by atoms with E-state index in [2.05, 4.69) is 4.98 Å². The zero-order chi connectivity index (χ0) is 24.8. The summed E-state index contributed by atoms with van der Waals surface area (Å²) in [5.41, 5.74) is 6.18. The third kappa shape index (κ3) is 5.74. The summed E-state index contributed by atoms with van der Waals surface area (Å²) in [5, 5.41) is 0. The Bertz CT molecular complexity index is 1140. The molecule has 0 spiro atoms. The number of anilines is 2. The Labute approximate surface area is 198 Å². The first-order valence-corrected chi connectivity index (χ1v) is 11.5. The molecule has 0 saturated carbocycles. The van der Waals surface area contributed by atoms with Gasteiger partial charge in [-0.05, 0) is 36.5 Å². The average Bonchev–Trinajstić information content (AvgIpc) is 3.19. The fourth-order valence-corrected chi connectivity index (χ4v) is 4.07. The van der Waals surface area contributed by atoms with E-state index in [1.54, 1.807) is 36.3 Å². The first-order chi connectivity index (χ1) is 16.2. The molecule has 1 aromatic heterocycles. The summed E-state index contributed by atoms with van der Waals surface area (Å²) in [4.78, 5) is 55.9. The maximum Gasteiger partial charge on any atom is 0.330 e. The lowest BCUT2D eigenvalue weighted by Gasteiger charge is -2.25. The highest BCUT2D eigenvalue weighted by Gasteiger charge is 2.26. The highest BCUT2D eigenvalue weighted by molar-refractivity contribution is 6.07. The van der Waals surface area contributed by atoms with Crippen molar-refractivity contribution in [3.8, 4) is 0 Å². The lowest BCUT2D eigenvalue weighted by molar-refractivity contribution is -0.128. The van der Waals surface area contributed by atoms with Crippen molar-refractivity contribution in [2.75, 3.05) is 37.4 Å². The molecule has 1 aliphatic heterocycles. The predicted octanol–water partition coefficient (Wildman–Crippen LogP) is 1.58. The van der Waals surface area contributed by atoms with E-state index >= 15 is 0 Å². The van der Waals surface area contributed by atoms with E-state index in [1.165, 1.54) is 9.47 Å². The number of likely N-dealkylation sites (tertiary alicyclic amines) is 1. The summed E-state index contributed by atoms with van der Waals surface area (Å²) < 4.78 is 6.40. The Hall–Kier alpha value is -3.40. The van der Waals surface area contributed by atoms with Crippen LogP contribution in [0.15, 0.2) is 33.9 Å². The molecule has 0 aliphatic carbocycles. The minimum Gasteiger partial charge on any atom is -0.385 e. The first-order valence-electron chi connectivity index (χ1n) is 11.5. The number of H-pyrrole nitrogens is 1. The highest BCUT2D eigenvalue weighted by Crippen LogP contribution is 2.21. The van der Waals surface area contributed by atoms with Crippen LogP contribution in [0.4, 0.5) is 11.5 Å². The maximum absolute atomic E-state index is 13.5. The van der Waals surface area contributed by atoms with Crippen molar-refractivity contribution in [3.05, 3.63) is 56.2 Å². The third-order valence-electron chi connectivity index (χ3n) is 5.75. The number of nitrogen functional groups attached to an aromatic ring is 1. The van der Waals surface area contributed by atoms with Gasteiger partial charge in [-0.15, -0.1) is 0 Å². The number of rotatable bonds is 10. The molecule has 0 atom stereocenters. The number of methoxy groups -OCH3 is 1. The molecule has 2 aromatic rings. The number of ether oxygens (including phenoxy) is 1. The van der Waals surface area contributed by atoms with E-state index in [9.17, 15) is 19.2 Å². The molecule has 0 radical (unpaired) electrons. The van der Waals surface area contributed by atoms with Crippen LogP contribution in [0.5, 0.6) is 0 Å². The van der Waals surface area contributed by atoms with Crippen LogP contribution in [0, 0.1) is 5.92 Å². The second-order valence-corrected chi connectivity index (χ2v) is 8.92. The molecule has 184 valence electrons. The van der Waals surface area contributed by atoms with Gasteiger partial charge in [0.15, 0.2) is 5.69 Å². The van der Waals surface area contributed by atoms with Gasteiger partial charge >= 0.3 is 5.69 Å². The third-order valence-corrected chi connectivity index (χ3v) is 5.75. The fraction of sp³-hybridized carbons (Fsp3) is 0.500. The Morgan fingerprint density at radius 1 is 1.21 bits per heavy atom. The molecule has 34 heavy (non-hydrogen) atoms. The molecule has 1 aromatic carbocycles. The molecule has 3 rings (SSSR count). The Balaban J connectivity index is 1.93. The number of hydrogen-bond acceptors (Lipinski definition) is 6. The molecular weight excluding hydrogens is 438 g/mol. The fourth-order valence-electron chi connectivity index (χ4n) is 4.07. The van der Waals surface area contributed by atoms with Crippen molar-refractivity contribution >= 4 is 23.3 Å². The van der Waals surface area contributed by atoms with Crippen molar-refractivity contribution < 1.29 is 14.3 Å². The van der Waals surface area contributed by atoms with Crippen LogP contribution in [0.25, 0.3) is 0 Å². The van der Waals surface area contributed by atoms with Crippen LogP contribution in [0.2, 0.25) is 0 Å². The van der Waals surface area contributed by atoms with Gasteiger partial charge in [-0.1, -0.05) is 26.0 Å². The molecule has 10 heteroatoms. The molecule has 0 bridgehead atoms. The zero-order valence-corrected chi connectivity index (χ0v) is 20.0. The van der Waals surface area contributed by atoms with Crippen LogP contribution in [0.3, 0.4) is 0 Å². The van der Waals surface area contributed by atoms with Gasteiger partial charge in [0.2, 0.25) is 5.91 Å². The molecule has 2 amide bonds. The van der Waals surface area contributed by atoms with Gasteiger partial charge in [0, 0.05) is 51.9 Å². The van der Waals surface area contributed by atoms with E-state index < -0.39 is 17.2 Å². The van der Waals surface area contributed by atoms with E-state index in [1.807, 2.05) is 13.8 Å². The molecule has 3 N–H and O–H groups in total. The number of hydrogen-bond donors (Lipinski definition) is 2. The largest absolute Gasteiger partial charge is 0.385 e. The number of nitrogens with one attached hydrogen (secondary N) is 1. The smallest absolute Gasteiger partial charge is 0.330 e. The minimum atomic E-state index is -0.711. The predicted molar refractivity (Wildman–Crippen MR) is 130 cm³/mol. The van der Waals surface area contributed by atoms with Gasteiger partial charge in [-0.2, -0.15) is 0 Å². The van der Waals surface area contributed by atoms with Gasteiger partial charge in [0.05, 0.1) is 0 Å². The molecule has 1 saturated heterocycles. The summed E-state index contributed by atoms with van der Waals surface area (Å²) in [7, 11) is 1.56. The van der Waals surface area contributed by atoms with Crippen LogP contribution in [-0.4, -0.2) is 53.1 Å². The maximum atomic E-state index is 13.5. The molecular formula is C24H33N5O5. The number of aromatic nitrogens is 2. The van der Waals surface area contributed by atoms with E-state index in [-0.39, 0.29) is 29.9 Å². The van der Waals surface area contributed by atoms with Crippen LogP contribution in [-0.2, 0) is 22.6 Å². The van der Waals surface area contributed by atoms with Crippen molar-refractivity contribution in [2.45, 2.75) is 46.2 Å². The van der Waals surface area contributed by atoms with E-state index in [0.717, 1.165) is 18.5 Å². The lowest BCUT2D eigenvalue weighted by atomic mass is 10.1. The van der Waals surface area contributed by atoms with Gasteiger partial charge in [0.1, 0.15) is 5.82 Å². The molecule has 10 nitrogen and oxygen atoms in total. The van der Waals surface area contributed by atoms with Crippen molar-refractivity contribution in [1.29, 1.82) is 0 Å². The lowest BCUT2D eigenvalue weighted by Crippen LogP contribution is -2.42. The van der Waals surface area contributed by atoms with Crippen molar-refractivity contribution in [3.63, 3.8) is 0 Å². The van der Waals surface area contributed by atoms with Crippen LogP contribution in [0.1, 0.15) is 49.0 Å². The monoisotopic (exact) mass is 471 g/mol. The number of carbonyl (C=O) groups excluding carboxylic acids is 2. The van der Waals surface area contributed by atoms with Crippen molar-refractivity contribution in [1.82, 2.24) is 14.5 Å². The normalized spacial score (nSPS) is 13.6. The van der Waals surface area contributed by atoms with E-state index in [0.29, 0.717) is 38.1 Å². The van der Waals surface area contributed by atoms with Gasteiger partial charge in [-0.3, -0.25) is 23.9 Å². The quantitative estimate of drug-likeness (QED) is 0.506. The highest BCUT2D eigenvalue weighted by atomic mass is 16.5. The average molecular weight is 472 g/mol. The molecule has 1 fully saturated rings. The zero-order valence-electron chi connectivity index (χ0n) is 20.0. The van der Waals surface area contributed by atoms with Gasteiger partial charge in [-0.25, -0.2) is 4.79 Å². The SMILES string of the molecule is COCCCN(C(=O)c1ccc(CN2CCCC2=O)cc1)c1c(N)n(CC(C)C)c(=O)[nH]c1=O. The Morgan fingerprint density at radius 3 is 2.50 bits per heavy atom. The summed E-state index contributed by atoms with van der Waals surface area (Å²) in [5.74, 6) is -0.216. The summed E-state index contributed by atoms with van der Waals surface area (Å²) in [6.07, 6.45) is 1.91. The summed E-state index contributed by atoms with van der Waals surface area (Å²) in [6.45, 7) is 5.96. The van der Waals surface area contributed by atoms with Crippen LogP contribution < -0.4 is 21.9 Å². The number of amides is 2. The molecule has 1 aliphatic rings. The number of aromatic amines is 1. The Kier molecular flexibility index (Phi) is 8.27. The summed E-state index contributed by atoms with van der Waals surface area (Å²) >= 11 is 0. The summed E-state index contributed by atoms with van der Waals surface area (Å²) in [6, 6.07) is 6.96. The number of carbonyl (C=O) groups is 2. The number of benzene rings is 1. The molecule has 0 unspecified atom stereocenters. The first kappa shape index (κ1) is 25.2. The van der Waals surface area contributed by atoms with E-state index in [4.69, 9.17) is 10.5 Å². The van der Waals surface area contributed by atoms with Crippen molar-refractivity contribution in [2.24, 2.45) is 5.92 Å². The second-order valence-electron chi connectivity index (χ2n) is 8.92. The Morgan fingerprint density at radius 2 is 1.91 bits per heavy atom. The number of nitrogens with two attached hydrogens (primary N) is 1. The van der Waals surface area contributed by atoms with Crippen LogP contribution >= 0.6 is 0 Å². The standard InChI is InChI=1S/C24H33N5O5/c1-16(2)14-29-21(25)20(22(31)26-24(29)33)28(12-5-13-34-3)23(32)18-9-7-17(8-10-18)15-27-11-4-6-19(27)30/h7-10,16H,4-6,11-15,25H2,1-3H3,(H,26,31,33). The topological polar surface area (TPSA) is 131 Å². The second kappa shape index (κ2) is 11.1.